The number of benzene rings is 1. The Balaban J connectivity index is 1.89. The van der Waals surface area contributed by atoms with E-state index in [2.05, 4.69) is 0 Å². The van der Waals surface area contributed by atoms with Crippen molar-refractivity contribution in [3.8, 4) is 0 Å². The number of piperidine rings is 1. The van der Waals surface area contributed by atoms with E-state index in [0.29, 0.717) is 10.5 Å². The molecule has 5 atom stereocenters. The minimum Gasteiger partial charge on any atom is -0.457 e. The van der Waals surface area contributed by atoms with Crippen molar-refractivity contribution in [3.63, 3.8) is 0 Å². The number of methoxy groups -OCH3 is 2. The first-order valence-electron chi connectivity index (χ1n) is 11.5. The molecule has 37 heavy (non-hydrogen) atoms. The lowest BCUT2D eigenvalue weighted by atomic mass is 9.81. The second kappa shape index (κ2) is 12.0. The molecule has 0 aliphatic carbocycles. The number of β-lactam (4-membered cyclic amide) rings is 1. The molecule has 2 fully saturated rings. The Morgan fingerprint density at radius 3 is 2.22 bits per heavy atom. The van der Waals surface area contributed by atoms with Gasteiger partial charge in [-0.3, -0.25) is 14.5 Å². The van der Waals surface area contributed by atoms with Crippen LogP contribution in [0.15, 0.2) is 30.3 Å². The van der Waals surface area contributed by atoms with Crippen LogP contribution in [0.5, 0.6) is 0 Å². The third kappa shape index (κ3) is 6.25. The molecule has 0 radical (unpaired) electrons. The normalized spacial score (nSPS) is 24.3. The highest BCUT2D eigenvalue weighted by Crippen LogP contribution is 2.38. The Kier molecular flexibility index (Phi) is 9.21. The number of hydrogen-bond acceptors (Lipinski definition) is 11. The minimum absolute atomic E-state index is 0.140. The molecule has 3 amide bonds. The Morgan fingerprint density at radius 2 is 1.62 bits per heavy atom. The SMILES string of the molecule is COCO[C@@H]1[C@@H]2[C@@H](C(=O)N2C(O)C(=O)OCc2ccccc2)N(C(=O)OC(C)(C)C)C(=O)[C@H]1OCOC. The maximum Gasteiger partial charge on any atom is 0.417 e. The van der Waals surface area contributed by atoms with Crippen molar-refractivity contribution in [3.05, 3.63) is 35.9 Å². The number of aliphatic hydroxyl groups is 1. The smallest absolute Gasteiger partial charge is 0.417 e. The van der Waals surface area contributed by atoms with Crippen LogP contribution in [-0.4, -0.2) is 103 Å². The summed E-state index contributed by atoms with van der Waals surface area (Å²) in [6, 6.07) is 6.17. The molecule has 204 valence electrons. The van der Waals surface area contributed by atoms with E-state index in [1.807, 2.05) is 0 Å². The molecule has 13 nitrogen and oxygen atoms in total. The number of fused-ring (bicyclic) bond motifs is 1. The van der Waals surface area contributed by atoms with Crippen molar-refractivity contribution in [2.45, 2.75) is 63.5 Å². The molecule has 2 heterocycles. The van der Waals surface area contributed by atoms with Crippen molar-refractivity contribution < 1.29 is 52.7 Å². The van der Waals surface area contributed by atoms with Gasteiger partial charge in [0.15, 0.2) is 6.10 Å². The minimum atomic E-state index is -2.04. The molecule has 2 saturated heterocycles. The highest BCUT2D eigenvalue weighted by Gasteiger charge is 2.67. The maximum absolute atomic E-state index is 13.3. The lowest BCUT2D eigenvalue weighted by Crippen LogP contribution is -2.84. The van der Waals surface area contributed by atoms with Crippen LogP contribution >= 0.6 is 0 Å². The number of hydrogen-bond donors (Lipinski definition) is 1. The number of imide groups is 1. The summed E-state index contributed by atoms with van der Waals surface area (Å²) in [5, 5.41) is 10.8. The Morgan fingerprint density at radius 1 is 1.00 bits per heavy atom. The van der Waals surface area contributed by atoms with E-state index in [1.165, 1.54) is 14.2 Å². The fraction of sp³-hybridized carbons (Fsp3) is 0.583. The van der Waals surface area contributed by atoms with E-state index in [1.54, 1.807) is 51.1 Å². The van der Waals surface area contributed by atoms with Crippen LogP contribution in [0.3, 0.4) is 0 Å². The van der Waals surface area contributed by atoms with Crippen LogP contribution in [0.25, 0.3) is 0 Å². The first-order valence-corrected chi connectivity index (χ1v) is 11.5. The number of esters is 1. The predicted octanol–water partition coefficient (Wildman–Crippen LogP) is 0.383. The zero-order valence-corrected chi connectivity index (χ0v) is 21.3. The summed E-state index contributed by atoms with van der Waals surface area (Å²) in [5.41, 5.74) is -0.309. The molecule has 1 aromatic rings. The average molecular weight is 525 g/mol. The van der Waals surface area contributed by atoms with Crippen molar-refractivity contribution in [2.24, 2.45) is 0 Å². The lowest BCUT2D eigenvalue weighted by molar-refractivity contribution is -0.242. The standard InChI is InChI=1S/C24H32N2O11/c1-24(2,3)37-23(31)26-16-15(17(35-12-32-4)18(20(26)28)36-13-33-5)25(19(16)27)21(29)22(30)34-11-14-9-7-6-8-10-14/h6-10,15-18,21,29H,11-13H2,1-5H3/t15-,16-,17+,18-,21?/m0/s1. The van der Waals surface area contributed by atoms with E-state index in [0.717, 1.165) is 4.90 Å². The van der Waals surface area contributed by atoms with Gasteiger partial charge in [-0.1, -0.05) is 30.3 Å². The fourth-order valence-corrected chi connectivity index (χ4v) is 4.07. The summed E-state index contributed by atoms with van der Waals surface area (Å²) in [7, 11) is 2.68. The number of carbonyl (C=O) groups excluding carboxylic acids is 4. The molecule has 0 bridgehead atoms. The molecular formula is C24H32N2O11. The van der Waals surface area contributed by atoms with E-state index in [-0.39, 0.29) is 20.2 Å². The summed E-state index contributed by atoms with van der Waals surface area (Å²) >= 11 is 0. The summed E-state index contributed by atoms with van der Waals surface area (Å²) in [4.78, 5) is 53.6. The summed E-state index contributed by atoms with van der Waals surface area (Å²) in [6.07, 6.45) is -5.80. The zero-order valence-electron chi connectivity index (χ0n) is 21.3. The zero-order chi connectivity index (χ0) is 27.3. The molecule has 3 rings (SSSR count). The molecule has 0 spiro atoms. The maximum atomic E-state index is 13.3. The topological polar surface area (TPSA) is 150 Å². The summed E-state index contributed by atoms with van der Waals surface area (Å²) < 4.78 is 31.5. The Labute approximate surface area is 214 Å². The lowest BCUT2D eigenvalue weighted by Gasteiger charge is -2.57. The van der Waals surface area contributed by atoms with Gasteiger partial charge in [0.05, 0.1) is 6.04 Å². The highest BCUT2D eigenvalue weighted by molar-refractivity contribution is 6.05. The molecule has 13 heteroatoms. The molecule has 1 N–H and O–H groups in total. The van der Waals surface area contributed by atoms with Crippen LogP contribution in [0, 0.1) is 0 Å². The van der Waals surface area contributed by atoms with Gasteiger partial charge in [0.1, 0.15) is 37.9 Å². The van der Waals surface area contributed by atoms with Crippen LogP contribution < -0.4 is 0 Å². The second-order valence-electron chi connectivity index (χ2n) is 9.37. The quantitative estimate of drug-likeness (QED) is 0.257. The number of likely N-dealkylation sites (tertiary alicyclic amines) is 2. The molecule has 1 aromatic carbocycles. The first kappa shape index (κ1) is 28.5. The Bertz CT molecular complexity index is 981. The van der Waals surface area contributed by atoms with E-state index >= 15 is 0 Å². The summed E-state index contributed by atoms with van der Waals surface area (Å²) in [5.74, 6) is -2.87. The van der Waals surface area contributed by atoms with Crippen molar-refractivity contribution in [2.75, 3.05) is 27.8 Å². The fourth-order valence-electron chi connectivity index (χ4n) is 4.07. The third-order valence-electron chi connectivity index (χ3n) is 5.58. The van der Waals surface area contributed by atoms with Crippen LogP contribution in [0.1, 0.15) is 26.3 Å². The molecule has 0 saturated carbocycles. The molecule has 2 aliphatic heterocycles. The number of nitrogens with zero attached hydrogens (tertiary/aromatic N) is 2. The molecule has 2 aliphatic rings. The van der Waals surface area contributed by atoms with Gasteiger partial charge in [-0.2, -0.15) is 0 Å². The van der Waals surface area contributed by atoms with Gasteiger partial charge in [-0.15, -0.1) is 0 Å². The van der Waals surface area contributed by atoms with Gasteiger partial charge in [-0.25, -0.2) is 14.5 Å². The van der Waals surface area contributed by atoms with E-state index in [9.17, 15) is 24.3 Å². The van der Waals surface area contributed by atoms with Crippen molar-refractivity contribution in [1.82, 2.24) is 9.80 Å². The van der Waals surface area contributed by atoms with E-state index < -0.39 is 60.0 Å². The van der Waals surface area contributed by atoms with Gasteiger partial charge < -0.3 is 33.5 Å². The van der Waals surface area contributed by atoms with Gasteiger partial charge in [-0.05, 0) is 26.3 Å². The second-order valence-corrected chi connectivity index (χ2v) is 9.37. The predicted molar refractivity (Wildman–Crippen MR) is 123 cm³/mol. The van der Waals surface area contributed by atoms with Crippen molar-refractivity contribution in [1.29, 1.82) is 0 Å². The number of aliphatic hydroxyl groups excluding tert-OH is 1. The monoisotopic (exact) mass is 524 g/mol. The molecule has 0 aromatic heterocycles. The van der Waals surface area contributed by atoms with Gasteiger partial charge in [0.2, 0.25) is 6.23 Å². The summed E-state index contributed by atoms with van der Waals surface area (Å²) in [6.45, 7) is 4.00. The van der Waals surface area contributed by atoms with Gasteiger partial charge in [0, 0.05) is 14.2 Å². The van der Waals surface area contributed by atoms with E-state index in [4.69, 9.17) is 28.4 Å². The van der Waals surface area contributed by atoms with Crippen LogP contribution in [0.2, 0.25) is 0 Å². The number of rotatable bonds is 10. The van der Waals surface area contributed by atoms with Gasteiger partial charge in [0.25, 0.3) is 11.8 Å². The average Bonchev–Trinajstić information content (AvgIpc) is 2.85. The highest BCUT2D eigenvalue weighted by atomic mass is 16.7. The van der Waals surface area contributed by atoms with Gasteiger partial charge >= 0.3 is 12.1 Å². The van der Waals surface area contributed by atoms with Crippen LogP contribution in [-0.2, 0) is 49.4 Å². The molecule has 1 unspecified atom stereocenters. The number of amides is 3. The number of carbonyl (C=O) groups is 4. The first-order chi connectivity index (χ1) is 17.5. The number of ether oxygens (including phenoxy) is 6. The van der Waals surface area contributed by atoms with Crippen molar-refractivity contribution >= 4 is 23.9 Å². The Hall–Kier alpha value is -3.10. The largest absolute Gasteiger partial charge is 0.457 e. The van der Waals surface area contributed by atoms with Crippen LogP contribution in [0.4, 0.5) is 4.79 Å². The third-order valence-corrected chi connectivity index (χ3v) is 5.58. The molecular weight excluding hydrogens is 492 g/mol.